The van der Waals surface area contributed by atoms with Gasteiger partial charge in [0.1, 0.15) is 6.10 Å². The second-order valence-electron chi connectivity index (χ2n) is 9.39. The molecule has 2 unspecified atom stereocenters. The second-order valence-corrected chi connectivity index (χ2v) is 9.39. The third-order valence-electron chi connectivity index (χ3n) is 6.79. The van der Waals surface area contributed by atoms with Gasteiger partial charge in [0.2, 0.25) is 0 Å². The predicted molar refractivity (Wildman–Crippen MR) is 117 cm³/mol. The van der Waals surface area contributed by atoms with Gasteiger partial charge in [-0.25, -0.2) is 0 Å². The molecule has 0 spiro atoms. The first kappa shape index (κ1) is 25.6. The van der Waals surface area contributed by atoms with Crippen LogP contribution in [-0.2, 0) is 19.2 Å². The Morgan fingerprint density at radius 3 is 2.61 bits per heavy atom. The molecule has 0 heterocycles. The summed E-state index contributed by atoms with van der Waals surface area (Å²) in [6.45, 7) is 8.18. The van der Waals surface area contributed by atoms with Crippen molar-refractivity contribution in [3.8, 4) is 0 Å². The fourth-order valence-corrected chi connectivity index (χ4v) is 4.79. The number of aliphatic hydroxyl groups excluding tert-OH is 2. The first-order chi connectivity index (χ1) is 14.7. The molecule has 0 amide bonds. The minimum atomic E-state index is -0.995. The molecule has 0 radical (unpaired) electrons. The van der Waals surface area contributed by atoms with Gasteiger partial charge in [-0.1, -0.05) is 45.9 Å². The van der Waals surface area contributed by atoms with Crippen molar-refractivity contribution in [3.63, 3.8) is 0 Å². The van der Waals surface area contributed by atoms with Gasteiger partial charge in [-0.05, 0) is 55.4 Å². The van der Waals surface area contributed by atoms with Crippen LogP contribution in [0.15, 0.2) is 23.8 Å². The van der Waals surface area contributed by atoms with Gasteiger partial charge >= 0.3 is 11.9 Å². The highest BCUT2D eigenvalue weighted by atomic mass is 16.7. The monoisotopic (exact) mass is 437 g/mol. The van der Waals surface area contributed by atoms with Gasteiger partial charge in [-0.15, -0.1) is 0 Å². The molecule has 0 saturated carbocycles. The number of allylic oxidation sites excluding steroid dienone is 3. The van der Waals surface area contributed by atoms with Crippen LogP contribution in [-0.4, -0.2) is 40.5 Å². The Bertz CT molecular complexity index is 675. The Hall–Kier alpha value is -1.70. The van der Waals surface area contributed by atoms with E-state index in [-0.39, 0.29) is 48.6 Å². The molecule has 7 nitrogen and oxygen atoms in total. The van der Waals surface area contributed by atoms with Gasteiger partial charge in [0.15, 0.2) is 0 Å². The molecular weight excluding hydrogens is 398 g/mol. The Labute approximate surface area is 185 Å². The standard InChI is InChI=1S/C24H39NO6/c1-5-15(3)24(29)30-21-11-14(2)10-17-7-6-16(4)20(23(17)21)9-8-18(26)12-19(27)13-22(28)31-25/h6-7,10,14-16,18-21,23,26-27H,5,8-9,11-13,25H2,1-4H3/t14-,15-,16-,18?,19-,20-,21?,23-/m0/s1. The smallest absolute Gasteiger partial charge is 0.327 e. The zero-order valence-corrected chi connectivity index (χ0v) is 19.2. The molecule has 2 aliphatic rings. The van der Waals surface area contributed by atoms with E-state index in [9.17, 15) is 19.8 Å². The third kappa shape index (κ3) is 7.16. The van der Waals surface area contributed by atoms with Crippen LogP contribution in [0.4, 0.5) is 0 Å². The maximum atomic E-state index is 12.5. The zero-order valence-electron chi connectivity index (χ0n) is 19.2. The number of rotatable bonds is 10. The molecule has 0 aromatic carbocycles. The van der Waals surface area contributed by atoms with E-state index in [0.717, 1.165) is 19.3 Å². The van der Waals surface area contributed by atoms with Crippen LogP contribution in [0.5, 0.6) is 0 Å². The number of carbonyl (C=O) groups excluding carboxylic acids is 2. The lowest BCUT2D eigenvalue weighted by Gasteiger charge is -2.43. The number of nitrogens with two attached hydrogens (primary N) is 1. The number of hydrogen-bond acceptors (Lipinski definition) is 7. The summed E-state index contributed by atoms with van der Waals surface area (Å²) in [6.07, 6.45) is 7.33. The number of ether oxygens (including phenoxy) is 1. The molecule has 7 heteroatoms. The third-order valence-corrected chi connectivity index (χ3v) is 6.79. The maximum absolute atomic E-state index is 12.5. The highest BCUT2D eigenvalue weighted by Crippen LogP contribution is 2.45. The summed E-state index contributed by atoms with van der Waals surface area (Å²) in [5.41, 5.74) is 1.21. The SMILES string of the molecule is CC[C@H](C)C(=O)OC1C[C@@H](C)C=C2C=C[C@H](C)[C@H](CCC(O)C[C@H](O)CC(=O)ON)[C@H]21. The molecule has 2 aliphatic carbocycles. The van der Waals surface area contributed by atoms with Crippen LogP contribution in [0, 0.1) is 29.6 Å². The highest BCUT2D eigenvalue weighted by molar-refractivity contribution is 5.72. The molecular formula is C24H39NO6. The van der Waals surface area contributed by atoms with Gasteiger partial charge in [-0.3, -0.25) is 9.59 Å². The Morgan fingerprint density at radius 1 is 1.26 bits per heavy atom. The van der Waals surface area contributed by atoms with Crippen LogP contribution >= 0.6 is 0 Å². The number of aliphatic hydroxyl groups is 2. The fourth-order valence-electron chi connectivity index (χ4n) is 4.79. The molecule has 0 saturated heterocycles. The molecule has 31 heavy (non-hydrogen) atoms. The molecule has 0 aliphatic heterocycles. The molecule has 0 fully saturated rings. The lowest BCUT2D eigenvalue weighted by atomic mass is 9.65. The lowest BCUT2D eigenvalue weighted by molar-refractivity contribution is -0.158. The Kier molecular flexibility index (Phi) is 9.72. The van der Waals surface area contributed by atoms with Crippen molar-refractivity contribution in [2.24, 2.45) is 35.5 Å². The van der Waals surface area contributed by atoms with Gasteiger partial charge < -0.3 is 19.8 Å². The first-order valence-corrected chi connectivity index (χ1v) is 11.5. The maximum Gasteiger partial charge on any atom is 0.327 e. The van der Waals surface area contributed by atoms with E-state index in [4.69, 9.17) is 10.6 Å². The van der Waals surface area contributed by atoms with Crippen LogP contribution < -0.4 is 5.90 Å². The summed E-state index contributed by atoms with van der Waals surface area (Å²) in [5.74, 6) is 4.77. The summed E-state index contributed by atoms with van der Waals surface area (Å²) in [5, 5.41) is 20.4. The van der Waals surface area contributed by atoms with E-state index >= 15 is 0 Å². The Morgan fingerprint density at radius 2 is 1.97 bits per heavy atom. The van der Waals surface area contributed by atoms with E-state index in [0.29, 0.717) is 12.3 Å². The zero-order chi connectivity index (χ0) is 23.1. The van der Waals surface area contributed by atoms with Crippen molar-refractivity contribution in [2.45, 2.75) is 84.5 Å². The van der Waals surface area contributed by atoms with Crippen LogP contribution in [0.25, 0.3) is 0 Å². The second kappa shape index (κ2) is 11.8. The van der Waals surface area contributed by atoms with Crippen molar-refractivity contribution in [1.29, 1.82) is 0 Å². The molecule has 0 aromatic rings. The summed E-state index contributed by atoms with van der Waals surface area (Å²) in [7, 11) is 0. The van der Waals surface area contributed by atoms with Crippen LogP contribution in [0.1, 0.15) is 66.2 Å². The normalized spacial score (nSPS) is 30.5. The number of carbonyl (C=O) groups is 2. The van der Waals surface area contributed by atoms with Gasteiger partial charge in [0.05, 0.1) is 24.5 Å². The number of hydrogen-bond donors (Lipinski definition) is 3. The fraction of sp³-hybridized carbons (Fsp3) is 0.750. The van der Waals surface area contributed by atoms with Crippen molar-refractivity contribution in [3.05, 3.63) is 23.8 Å². The van der Waals surface area contributed by atoms with Gasteiger partial charge in [0, 0.05) is 5.92 Å². The Balaban J connectivity index is 2.06. The van der Waals surface area contributed by atoms with Gasteiger partial charge in [0.25, 0.3) is 0 Å². The van der Waals surface area contributed by atoms with E-state index in [1.54, 1.807) is 0 Å². The van der Waals surface area contributed by atoms with Crippen molar-refractivity contribution in [2.75, 3.05) is 0 Å². The average molecular weight is 438 g/mol. The molecule has 8 atom stereocenters. The van der Waals surface area contributed by atoms with Crippen molar-refractivity contribution in [1.82, 2.24) is 0 Å². The van der Waals surface area contributed by atoms with E-state index in [1.165, 1.54) is 5.57 Å². The summed E-state index contributed by atoms with van der Waals surface area (Å²) in [4.78, 5) is 27.8. The molecule has 176 valence electrons. The minimum Gasteiger partial charge on any atom is -0.461 e. The topological polar surface area (TPSA) is 119 Å². The van der Waals surface area contributed by atoms with E-state index in [2.05, 4.69) is 36.9 Å². The minimum absolute atomic E-state index is 0.0862. The highest BCUT2D eigenvalue weighted by Gasteiger charge is 2.41. The number of fused-ring (bicyclic) bond motifs is 1. The summed E-state index contributed by atoms with van der Waals surface area (Å²) >= 11 is 0. The van der Waals surface area contributed by atoms with Crippen LogP contribution in [0.2, 0.25) is 0 Å². The number of esters is 1. The van der Waals surface area contributed by atoms with Crippen molar-refractivity contribution >= 4 is 11.9 Å². The largest absolute Gasteiger partial charge is 0.461 e. The molecule has 2 rings (SSSR count). The van der Waals surface area contributed by atoms with E-state index < -0.39 is 18.2 Å². The van der Waals surface area contributed by atoms with E-state index in [1.807, 2.05) is 13.8 Å². The quantitative estimate of drug-likeness (QED) is 0.355. The average Bonchev–Trinajstić information content (AvgIpc) is 2.72. The van der Waals surface area contributed by atoms with Crippen molar-refractivity contribution < 1.29 is 29.4 Å². The molecule has 0 aromatic heterocycles. The predicted octanol–water partition coefficient (Wildman–Crippen LogP) is 3.05. The lowest BCUT2D eigenvalue weighted by Crippen LogP contribution is -2.41. The summed E-state index contributed by atoms with van der Waals surface area (Å²) < 4.78 is 6.01. The van der Waals surface area contributed by atoms with Crippen LogP contribution in [0.3, 0.4) is 0 Å². The molecule has 0 bridgehead atoms. The van der Waals surface area contributed by atoms with Gasteiger partial charge in [-0.2, -0.15) is 5.90 Å². The first-order valence-electron chi connectivity index (χ1n) is 11.5. The summed E-state index contributed by atoms with van der Waals surface area (Å²) in [6, 6.07) is 0. The molecule has 4 N–H and O–H groups in total.